The molecule has 9 rings (SSSR count). The van der Waals surface area contributed by atoms with Gasteiger partial charge in [0.25, 0.3) is 0 Å². The van der Waals surface area contributed by atoms with Crippen LogP contribution in [0.1, 0.15) is 267 Å². The average molecular weight is 1560 g/mol. The Hall–Kier alpha value is -1.64. The van der Waals surface area contributed by atoms with Crippen molar-refractivity contribution in [2.24, 2.45) is 29.6 Å². The number of halogens is 4. The molecule has 8 aromatic rings. The zero-order valence-corrected chi connectivity index (χ0v) is 66.6. The second-order valence-electron chi connectivity index (χ2n) is 22.5. The van der Waals surface area contributed by atoms with Crippen LogP contribution in [0.3, 0.4) is 0 Å². The number of hydrogen-bond acceptors (Lipinski definition) is 14. The molecule has 8 aromatic heterocycles. The van der Waals surface area contributed by atoms with E-state index in [4.69, 9.17) is 23.2 Å². The molecule has 0 saturated heterocycles. The van der Waals surface area contributed by atoms with Crippen LogP contribution >= 0.6 is 158 Å². The van der Waals surface area contributed by atoms with Gasteiger partial charge in [0.15, 0.2) is 28.9 Å². The number of rotatable bonds is 32. The first-order valence-corrected chi connectivity index (χ1v) is 43.2. The maximum absolute atomic E-state index is 12.6. The topological polar surface area (TPSA) is 85.3 Å². The normalized spacial score (nSPS) is 13.2. The van der Waals surface area contributed by atoms with Crippen LogP contribution in [-0.2, 0) is 23.3 Å². The third-order valence-electron chi connectivity index (χ3n) is 16.0. The minimum Gasteiger partial charge on any atom is -0.293 e. The van der Waals surface area contributed by atoms with Gasteiger partial charge in [0.05, 0.1) is 42.5 Å². The molecule has 18 heteroatoms. The lowest BCUT2D eigenvalue weighted by Gasteiger charge is -2.11. The van der Waals surface area contributed by atoms with Gasteiger partial charge in [-0.15, -0.1) is 91.2 Å². The highest BCUT2D eigenvalue weighted by molar-refractivity contribution is 9.12. The number of ketones is 5. The average Bonchev–Trinajstić information content (AvgIpc) is 1.71. The molecule has 0 aromatic carbocycles. The van der Waals surface area contributed by atoms with E-state index >= 15 is 0 Å². The number of alkyl halides is 2. The lowest BCUT2D eigenvalue weighted by atomic mass is 9.94. The maximum Gasteiger partial charge on any atom is 0.175 e. The number of unbranched alkanes of at least 4 members (excludes halogenated alkanes) is 5. The van der Waals surface area contributed by atoms with Gasteiger partial charge in [-0.25, -0.2) is 0 Å². The highest BCUT2D eigenvalue weighted by Crippen LogP contribution is 2.45. The molecule has 496 valence electrons. The largest absolute Gasteiger partial charge is 0.293 e. The van der Waals surface area contributed by atoms with Crippen LogP contribution < -0.4 is 0 Å². The molecule has 9 heterocycles. The second kappa shape index (κ2) is 45.7. The molecule has 0 amide bonds. The second-order valence-corrected chi connectivity index (χ2v) is 34.6. The summed E-state index contributed by atoms with van der Waals surface area (Å²) in [6.45, 7) is 21.4. The van der Waals surface area contributed by atoms with Crippen LogP contribution in [0.25, 0.3) is 20.2 Å². The number of hydrogen-bond donors (Lipinski definition) is 0. The Morgan fingerprint density at radius 3 is 1.31 bits per heavy atom. The van der Waals surface area contributed by atoms with Crippen molar-refractivity contribution in [3.8, 4) is 0 Å². The summed E-state index contributed by atoms with van der Waals surface area (Å²) in [6, 6.07) is 16.1. The monoisotopic (exact) mass is 1560 g/mol. The van der Waals surface area contributed by atoms with Crippen LogP contribution in [0.2, 0.25) is 0 Å². The SMILES string of the molecule is CCCCC(CC)C(=O)c1cc(CCl)c(CCl)s1.CCCCC(CC)C(=O)c1cc2c(Br)sc(Br)c2s1.CCCCC(CC)C(=O)c1cc2c(s1)CSC2.CCCCC(CC)C(=O)c1cc2cscc2s1.CCCCC(CC)C(=O)c1cccs1.c1ccsc1. The predicted molar refractivity (Wildman–Crippen MR) is 414 cm³/mol. The van der Waals surface area contributed by atoms with Gasteiger partial charge >= 0.3 is 0 Å². The Morgan fingerprint density at radius 2 is 0.933 bits per heavy atom. The van der Waals surface area contributed by atoms with Crippen molar-refractivity contribution in [3.63, 3.8) is 0 Å². The van der Waals surface area contributed by atoms with Crippen molar-refractivity contribution in [2.45, 2.75) is 221 Å². The number of carbonyl (C=O) groups excluding carboxylic acids is 5. The fourth-order valence-electron chi connectivity index (χ4n) is 10.3. The fourth-order valence-corrected chi connectivity index (χ4v) is 22.2. The summed E-state index contributed by atoms with van der Waals surface area (Å²) < 4.78 is 4.65. The van der Waals surface area contributed by atoms with E-state index in [0.717, 1.165) is 162 Å². The first-order chi connectivity index (χ1) is 43.6. The molecule has 0 radical (unpaired) electrons. The van der Waals surface area contributed by atoms with Gasteiger partial charge in [-0.1, -0.05) is 152 Å². The van der Waals surface area contributed by atoms with E-state index in [9.17, 15) is 24.0 Å². The molecule has 1 aliphatic rings. The molecule has 5 atom stereocenters. The lowest BCUT2D eigenvalue weighted by molar-refractivity contribution is 0.0904. The quantitative estimate of drug-likeness (QED) is 0.0308. The Labute approximate surface area is 603 Å². The van der Waals surface area contributed by atoms with Crippen molar-refractivity contribution in [3.05, 3.63) is 128 Å². The number of carbonyl (C=O) groups is 5. The summed E-state index contributed by atoms with van der Waals surface area (Å²) in [5.41, 5.74) is 2.42. The van der Waals surface area contributed by atoms with Gasteiger partial charge in [-0.3, -0.25) is 24.0 Å². The van der Waals surface area contributed by atoms with Crippen molar-refractivity contribution in [2.75, 3.05) is 0 Å². The van der Waals surface area contributed by atoms with Gasteiger partial charge in [-0.2, -0.15) is 34.4 Å². The molecule has 0 spiro atoms. The predicted octanol–water partition coefficient (Wildman–Crippen LogP) is 28.7. The fraction of sp³-hybridized carbons (Fsp3) is 0.542. The van der Waals surface area contributed by atoms with Crippen LogP contribution in [0.5, 0.6) is 0 Å². The van der Waals surface area contributed by atoms with Gasteiger partial charge < -0.3 is 0 Å². The molecule has 0 bridgehead atoms. The van der Waals surface area contributed by atoms with E-state index < -0.39 is 0 Å². The van der Waals surface area contributed by atoms with E-state index in [2.05, 4.69) is 124 Å². The maximum atomic E-state index is 12.6. The van der Waals surface area contributed by atoms with Crippen molar-refractivity contribution in [1.29, 1.82) is 0 Å². The van der Waals surface area contributed by atoms with E-state index in [1.165, 1.54) is 62.2 Å². The van der Waals surface area contributed by atoms with E-state index in [1.54, 1.807) is 79.4 Å². The van der Waals surface area contributed by atoms with Gasteiger partial charge in [0.1, 0.15) is 0 Å². The lowest BCUT2D eigenvalue weighted by Crippen LogP contribution is -2.12. The molecule has 0 fully saturated rings. The minimum absolute atomic E-state index is 0.148. The van der Waals surface area contributed by atoms with E-state index in [1.807, 2.05) is 64.3 Å². The highest BCUT2D eigenvalue weighted by Gasteiger charge is 2.26. The van der Waals surface area contributed by atoms with E-state index in [0.29, 0.717) is 34.9 Å². The summed E-state index contributed by atoms with van der Waals surface area (Å²) in [5.74, 6) is 5.80. The van der Waals surface area contributed by atoms with Gasteiger partial charge in [0.2, 0.25) is 0 Å². The smallest absolute Gasteiger partial charge is 0.175 e. The Bertz CT molecular complexity index is 3170. The minimum atomic E-state index is 0.148. The molecule has 1 aliphatic heterocycles. The third-order valence-corrected chi connectivity index (χ3v) is 28.0. The molecular formula is C72H96Br2Cl2O5S9. The Kier molecular flexibility index (Phi) is 41.1. The zero-order chi connectivity index (χ0) is 66.0. The summed E-state index contributed by atoms with van der Waals surface area (Å²) in [4.78, 5) is 68.7. The van der Waals surface area contributed by atoms with Gasteiger partial charge in [-0.05, 0) is 159 Å². The molecule has 5 nitrogen and oxygen atoms in total. The number of Topliss-reactive ketones (excluding diaryl/α,β-unsaturated/α-hetero) is 5. The van der Waals surface area contributed by atoms with Crippen molar-refractivity contribution >= 4 is 207 Å². The van der Waals surface area contributed by atoms with Crippen LogP contribution in [0.4, 0.5) is 0 Å². The number of thiophene rings is 8. The summed E-state index contributed by atoms with van der Waals surface area (Å²) >= 11 is 34.0. The molecule has 0 aliphatic carbocycles. The molecule has 0 N–H and O–H groups in total. The van der Waals surface area contributed by atoms with Crippen molar-refractivity contribution in [1.82, 2.24) is 0 Å². The Balaban J connectivity index is 0.000000236. The molecule has 0 saturated carbocycles. The summed E-state index contributed by atoms with van der Waals surface area (Å²) in [5, 5.41) is 12.7. The molecule has 5 unspecified atom stereocenters. The molecular weight excluding hydrogens is 1460 g/mol. The van der Waals surface area contributed by atoms with Crippen molar-refractivity contribution < 1.29 is 24.0 Å². The Morgan fingerprint density at radius 1 is 0.467 bits per heavy atom. The van der Waals surface area contributed by atoms with Crippen LogP contribution in [0, 0.1) is 29.6 Å². The van der Waals surface area contributed by atoms with Gasteiger partial charge in [0, 0.05) is 77.6 Å². The number of fused-ring (bicyclic) bond motifs is 3. The van der Waals surface area contributed by atoms with Crippen LogP contribution in [-0.4, -0.2) is 28.9 Å². The summed E-state index contributed by atoms with van der Waals surface area (Å²) in [6.07, 6.45) is 21.4. The molecule has 90 heavy (non-hydrogen) atoms. The first kappa shape index (κ1) is 80.8. The number of thioether (sulfide) groups is 1. The third kappa shape index (κ3) is 25.7. The van der Waals surface area contributed by atoms with Crippen LogP contribution in [0.15, 0.2) is 83.0 Å². The first-order valence-electron chi connectivity index (χ1n) is 32.5. The highest BCUT2D eigenvalue weighted by atomic mass is 79.9. The standard InChI is InChI=1S/C14H16Br2OS2.C14H20Cl2OS.C14H20OS2.C14H18OS2.C12H18OS.C4H4S/c1-3-5-6-8(4-2)11(17)10-7-9-12(18-10)14(16)19-13(9)15;1-3-5-6-10(4-2)14(17)12-7-11(8-15)13(9-16)18-12;2*1-3-5-6-10(4-2)14(15)12-7-11-8-16-9-13(11)17-12;1-3-5-7-10(4-2)12(13)11-8-6-9-14-11;1-2-4-5-3-1/h7-8H,3-6H2,1-2H3;7,10H,3-6,8-9H2,1-2H3;7,10H,3-6,8-9H2,1-2H3;7-10H,3-6H2,1-2H3;6,8-10H,3-5,7H2,1-2H3;1-4H. The van der Waals surface area contributed by atoms with E-state index in [-0.39, 0.29) is 35.4 Å². The zero-order valence-electron chi connectivity index (χ0n) is 54.6. The summed E-state index contributed by atoms with van der Waals surface area (Å²) in [7, 11) is 0.